The molecule has 0 saturated carbocycles. The third kappa shape index (κ3) is 4.12. The first-order valence-electron chi connectivity index (χ1n) is 7.30. The Bertz CT molecular complexity index is 790. The van der Waals surface area contributed by atoms with Crippen molar-refractivity contribution in [3.63, 3.8) is 0 Å². The first-order valence-corrected chi connectivity index (χ1v) is 7.30. The maximum absolute atomic E-state index is 12.0. The Hall–Kier alpha value is -3.40. The second kappa shape index (κ2) is 7.45. The number of rotatable bonds is 6. The van der Waals surface area contributed by atoms with Crippen molar-refractivity contribution < 1.29 is 24.2 Å². The molecule has 130 valence electrons. The van der Waals surface area contributed by atoms with Crippen molar-refractivity contribution in [2.45, 2.75) is 6.04 Å². The molecule has 3 rings (SSSR count). The van der Waals surface area contributed by atoms with Gasteiger partial charge in [0.2, 0.25) is 12.7 Å². The molecular weight excluding hydrogens is 330 g/mol. The van der Waals surface area contributed by atoms with Gasteiger partial charge in [0, 0.05) is 6.08 Å². The van der Waals surface area contributed by atoms with Gasteiger partial charge in [0.05, 0.1) is 6.61 Å². The number of hydrogen-bond donors (Lipinski definition) is 3. The molecular formula is C15H15N5O5. The lowest BCUT2D eigenvalue weighted by Crippen LogP contribution is -2.47. The van der Waals surface area contributed by atoms with E-state index in [9.17, 15) is 14.7 Å². The van der Waals surface area contributed by atoms with Crippen molar-refractivity contribution in [1.29, 1.82) is 0 Å². The Balaban J connectivity index is 1.57. The molecule has 1 aliphatic rings. The highest BCUT2D eigenvalue weighted by Gasteiger charge is 2.19. The zero-order chi connectivity index (χ0) is 17.6. The topological polar surface area (TPSA) is 128 Å². The lowest BCUT2D eigenvalue weighted by molar-refractivity contribution is -0.125. The van der Waals surface area contributed by atoms with Crippen molar-refractivity contribution in [3.05, 3.63) is 42.5 Å². The minimum absolute atomic E-state index is 0.169. The number of carbonyl (C=O) groups excluding carboxylic acids is 2. The summed E-state index contributed by atoms with van der Waals surface area (Å²) in [6, 6.07) is 4.12. The van der Waals surface area contributed by atoms with Gasteiger partial charge in [-0.25, -0.2) is 4.68 Å². The Morgan fingerprint density at radius 3 is 2.80 bits per heavy atom. The van der Waals surface area contributed by atoms with E-state index in [1.54, 1.807) is 24.3 Å². The molecule has 0 spiro atoms. The van der Waals surface area contributed by atoms with E-state index in [4.69, 9.17) is 9.47 Å². The van der Waals surface area contributed by atoms with Crippen LogP contribution in [0.25, 0.3) is 6.08 Å². The number of nitrogens with one attached hydrogen (secondary N) is 2. The number of amides is 2. The van der Waals surface area contributed by atoms with Gasteiger partial charge in [0.15, 0.2) is 11.5 Å². The molecule has 1 aromatic carbocycles. The largest absolute Gasteiger partial charge is 0.454 e. The van der Waals surface area contributed by atoms with Crippen LogP contribution in [0.4, 0.5) is 0 Å². The average Bonchev–Trinajstić information content (AvgIpc) is 3.28. The van der Waals surface area contributed by atoms with E-state index in [-0.39, 0.29) is 6.79 Å². The van der Waals surface area contributed by atoms with Gasteiger partial charge in [-0.15, -0.1) is 10.2 Å². The summed E-state index contributed by atoms with van der Waals surface area (Å²) in [5.74, 6) is 0.111. The normalized spacial score (nSPS) is 13.6. The van der Waals surface area contributed by atoms with Gasteiger partial charge in [-0.05, 0) is 23.8 Å². The number of hydrogen-bond acceptors (Lipinski definition) is 7. The number of aliphatic hydroxyl groups excluding tert-OH is 1. The molecule has 1 atom stereocenters. The van der Waals surface area contributed by atoms with Crippen LogP contribution >= 0.6 is 0 Å². The summed E-state index contributed by atoms with van der Waals surface area (Å²) in [7, 11) is 0. The van der Waals surface area contributed by atoms with Gasteiger partial charge in [-0.2, -0.15) is 0 Å². The fourth-order valence-corrected chi connectivity index (χ4v) is 2.07. The number of aromatic nitrogens is 3. The summed E-state index contributed by atoms with van der Waals surface area (Å²) < 4.78 is 11.7. The molecule has 1 aromatic heterocycles. The number of benzene rings is 1. The van der Waals surface area contributed by atoms with Crippen LogP contribution in [0, 0.1) is 0 Å². The smallest absolute Gasteiger partial charge is 0.263 e. The number of ether oxygens (including phenoxy) is 2. The van der Waals surface area contributed by atoms with Crippen LogP contribution < -0.4 is 20.2 Å². The molecule has 10 heteroatoms. The van der Waals surface area contributed by atoms with Gasteiger partial charge in [-0.1, -0.05) is 6.07 Å². The van der Waals surface area contributed by atoms with Crippen LogP contribution in [0.15, 0.2) is 36.9 Å². The molecule has 1 aliphatic heterocycles. The molecule has 0 saturated heterocycles. The molecule has 2 amide bonds. The Morgan fingerprint density at radius 2 is 2.04 bits per heavy atom. The molecule has 3 N–H and O–H groups in total. The fraction of sp³-hybridized carbons (Fsp3) is 0.200. The minimum Gasteiger partial charge on any atom is -0.454 e. The molecule has 10 nitrogen and oxygen atoms in total. The second-order valence-corrected chi connectivity index (χ2v) is 5.03. The van der Waals surface area contributed by atoms with Crippen LogP contribution in [0.2, 0.25) is 0 Å². The van der Waals surface area contributed by atoms with E-state index >= 15 is 0 Å². The summed E-state index contributed by atoms with van der Waals surface area (Å²) in [6.07, 6.45) is 5.36. The van der Waals surface area contributed by atoms with Crippen LogP contribution in [-0.4, -0.2) is 51.2 Å². The summed E-state index contributed by atoms with van der Waals surface area (Å²) >= 11 is 0. The van der Waals surface area contributed by atoms with Gasteiger partial charge in [0.25, 0.3) is 5.91 Å². The van der Waals surface area contributed by atoms with E-state index in [1.165, 1.54) is 23.4 Å². The van der Waals surface area contributed by atoms with Gasteiger partial charge in [-0.3, -0.25) is 15.0 Å². The Labute approximate surface area is 142 Å². The van der Waals surface area contributed by atoms with Crippen LogP contribution in [0.1, 0.15) is 5.56 Å². The zero-order valence-corrected chi connectivity index (χ0v) is 13.0. The first-order chi connectivity index (χ1) is 12.2. The number of fused-ring (bicyclic) bond motifs is 1. The summed E-state index contributed by atoms with van der Waals surface area (Å²) in [5.41, 5.74) is 3.13. The number of aliphatic hydroxyl groups is 1. The van der Waals surface area contributed by atoms with E-state index in [0.717, 1.165) is 5.56 Å². The fourth-order valence-electron chi connectivity index (χ4n) is 2.07. The summed E-state index contributed by atoms with van der Waals surface area (Å²) in [4.78, 5) is 23.9. The highest BCUT2D eigenvalue weighted by atomic mass is 16.7. The predicted octanol–water partition coefficient (Wildman–Crippen LogP) is -0.733. The maximum atomic E-state index is 12.0. The molecule has 0 aliphatic carbocycles. The van der Waals surface area contributed by atoms with Crippen molar-refractivity contribution in [1.82, 2.24) is 20.2 Å². The third-order valence-corrected chi connectivity index (χ3v) is 3.30. The standard InChI is InChI=1S/C15H15N5O5/c21-6-11(15(23)19-20-7-16-17-8-20)18-14(22)4-2-10-1-3-12-13(5-10)25-9-24-12/h1-5,7-8,11,21H,6,9H2,(H,18,22)(H,19,23)/t11-/m0/s1. The molecule has 0 fully saturated rings. The molecule has 0 radical (unpaired) electrons. The highest BCUT2D eigenvalue weighted by molar-refractivity contribution is 5.97. The Morgan fingerprint density at radius 1 is 1.28 bits per heavy atom. The molecule has 25 heavy (non-hydrogen) atoms. The molecule has 0 unspecified atom stereocenters. The predicted molar refractivity (Wildman–Crippen MR) is 85.0 cm³/mol. The van der Waals surface area contributed by atoms with Gasteiger partial charge >= 0.3 is 0 Å². The lowest BCUT2D eigenvalue weighted by Gasteiger charge is -2.14. The second-order valence-electron chi connectivity index (χ2n) is 5.03. The van der Waals surface area contributed by atoms with Gasteiger partial charge < -0.3 is 19.9 Å². The molecule has 2 heterocycles. The van der Waals surface area contributed by atoms with Crippen molar-refractivity contribution in [2.75, 3.05) is 18.8 Å². The van der Waals surface area contributed by atoms with E-state index in [2.05, 4.69) is 20.9 Å². The van der Waals surface area contributed by atoms with Crippen molar-refractivity contribution in [3.8, 4) is 11.5 Å². The highest BCUT2D eigenvalue weighted by Crippen LogP contribution is 2.32. The third-order valence-electron chi connectivity index (χ3n) is 3.30. The minimum atomic E-state index is -1.11. The van der Waals surface area contributed by atoms with Crippen molar-refractivity contribution >= 4 is 17.9 Å². The van der Waals surface area contributed by atoms with Crippen molar-refractivity contribution in [2.24, 2.45) is 0 Å². The van der Waals surface area contributed by atoms with Crippen LogP contribution in [-0.2, 0) is 9.59 Å². The lowest BCUT2D eigenvalue weighted by atomic mass is 10.2. The van der Waals surface area contributed by atoms with E-state index in [1.807, 2.05) is 0 Å². The average molecular weight is 345 g/mol. The van der Waals surface area contributed by atoms with Crippen LogP contribution in [0.3, 0.4) is 0 Å². The maximum Gasteiger partial charge on any atom is 0.263 e. The monoisotopic (exact) mass is 345 g/mol. The summed E-state index contributed by atoms with van der Waals surface area (Å²) in [5, 5.41) is 18.8. The molecule has 0 bridgehead atoms. The van der Waals surface area contributed by atoms with Crippen LogP contribution in [0.5, 0.6) is 11.5 Å². The van der Waals surface area contributed by atoms with E-state index in [0.29, 0.717) is 11.5 Å². The SMILES string of the molecule is O=C(C=Cc1ccc2c(c1)OCO2)N[C@@H](CO)C(=O)Nn1cnnc1. The molecule has 2 aromatic rings. The number of carbonyl (C=O) groups is 2. The van der Waals surface area contributed by atoms with E-state index < -0.39 is 24.5 Å². The first kappa shape index (κ1) is 16.5. The summed E-state index contributed by atoms with van der Waals surface area (Å²) in [6.45, 7) is -0.389. The quantitative estimate of drug-likeness (QED) is 0.589. The zero-order valence-electron chi connectivity index (χ0n) is 13.0. The van der Waals surface area contributed by atoms with Gasteiger partial charge in [0.1, 0.15) is 18.7 Å². The Kier molecular flexibility index (Phi) is 4.90. The number of nitrogens with zero attached hydrogens (tertiary/aromatic N) is 3.